The highest BCUT2D eigenvalue weighted by Gasteiger charge is 2.21. The average Bonchev–Trinajstić information content (AvgIpc) is 3.11. The number of carboxylic acid groups (broad SMARTS) is 1. The van der Waals surface area contributed by atoms with Crippen LogP contribution in [0.3, 0.4) is 0 Å². The van der Waals surface area contributed by atoms with Gasteiger partial charge in [0.15, 0.2) is 0 Å². The number of hydrogen-bond acceptors (Lipinski definition) is 6. The number of thiazole rings is 1. The van der Waals surface area contributed by atoms with Crippen LogP contribution in [0.5, 0.6) is 5.75 Å². The molecule has 0 saturated carbocycles. The van der Waals surface area contributed by atoms with E-state index in [2.05, 4.69) is 4.98 Å². The standard InChI is InChI=1S/C17H13FN2O5S2/c1-25-14-8-11(17(21)22)4-7-13(14)20(27(23)24)15-9-19-16(26-15)10-2-5-12(18)6-3-10/h2-9,27H,1H3,(H,21,22). The summed E-state index contributed by atoms with van der Waals surface area (Å²) >= 11 is 1.09. The first kappa shape index (κ1) is 18.8. The fraction of sp³-hybridized carbons (Fsp3) is 0.0588. The van der Waals surface area contributed by atoms with E-state index in [4.69, 9.17) is 9.84 Å². The highest BCUT2D eigenvalue weighted by molar-refractivity contribution is 7.74. The molecular formula is C17H13FN2O5S2. The molecule has 0 atom stereocenters. The molecule has 0 aliphatic heterocycles. The van der Waals surface area contributed by atoms with Crippen molar-refractivity contribution in [3.8, 4) is 16.3 Å². The lowest BCUT2D eigenvalue weighted by molar-refractivity contribution is 0.0696. The van der Waals surface area contributed by atoms with Gasteiger partial charge in [-0.15, -0.1) is 0 Å². The van der Waals surface area contributed by atoms with Gasteiger partial charge in [0.2, 0.25) is 10.9 Å². The van der Waals surface area contributed by atoms with Crippen LogP contribution in [0.4, 0.5) is 15.1 Å². The predicted molar refractivity (Wildman–Crippen MR) is 99.9 cm³/mol. The predicted octanol–water partition coefficient (Wildman–Crippen LogP) is 3.32. The van der Waals surface area contributed by atoms with Gasteiger partial charge in [-0.3, -0.25) is 0 Å². The number of carboxylic acids is 1. The van der Waals surface area contributed by atoms with Crippen molar-refractivity contribution in [1.82, 2.24) is 4.98 Å². The molecule has 7 nitrogen and oxygen atoms in total. The second-order valence-electron chi connectivity index (χ2n) is 5.25. The highest BCUT2D eigenvalue weighted by Crippen LogP contribution is 2.39. The van der Waals surface area contributed by atoms with Gasteiger partial charge in [0.1, 0.15) is 21.6 Å². The molecule has 0 saturated heterocycles. The molecule has 140 valence electrons. The quantitative estimate of drug-likeness (QED) is 0.608. The second kappa shape index (κ2) is 7.72. The Morgan fingerprint density at radius 1 is 1.22 bits per heavy atom. The van der Waals surface area contributed by atoms with Crippen LogP contribution < -0.4 is 9.04 Å². The van der Waals surface area contributed by atoms with E-state index in [0.29, 0.717) is 10.6 Å². The van der Waals surface area contributed by atoms with Gasteiger partial charge in [-0.2, -0.15) is 0 Å². The van der Waals surface area contributed by atoms with Crippen molar-refractivity contribution in [2.75, 3.05) is 11.4 Å². The fourth-order valence-corrected chi connectivity index (χ4v) is 4.09. The maximum atomic E-state index is 13.1. The zero-order valence-corrected chi connectivity index (χ0v) is 15.5. The van der Waals surface area contributed by atoms with Gasteiger partial charge < -0.3 is 9.84 Å². The minimum Gasteiger partial charge on any atom is -0.495 e. The molecule has 0 radical (unpaired) electrons. The monoisotopic (exact) mass is 408 g/mol. The number of ether oxygens (including phenoxy) is 1. The lowest BCUT2D eigenvalue weighted by Gasteiger charge is -2.18. The minimum absolute atomic E-state index is 0.0343. The Morgan fingerprint density at radius 2 is 1.93 bits per heavy atom. The van der Waals surface area contributed by atoms with Crippen LogP contribution >= 0.6 is 11.3 Å². The number of anilines is 2. The maximum absolute atomic E-state index is 13.1. The normalized spacial score (nSPS) is 10.8. The van der Waals surface area contributed by atoms with Crippen molar-refractivity contribution >= 4 is 38.9 Å². The average molecular weight is 408 g/mol. The summed E-state index contributed by atoms with van der Waals surface area (Å²) in [6, 6.07) is 9.54. The number of rotatable bonds is 6. The summed E-state index contributed by atoms with van der Waals surface area (Å²) in [5.41, 5.74) is 0.766. The molecule has 0 fully saturated rings. The number of benzene rings is 2. The summed E-state index contributed by atoms with van der Waals surface area (Å²) in [6.45, 7) is 0. The summed E-state index contributed by atoms with van der Waals surface area (Å²) in [4.78, 5) is 15.3. The van der Waals surface area contributed by atoms with Gasteiger partial charge in [0, 0.05) is 5.56 Å². The van der Waals surface area contributed by atoms with E-state index in [1.165, 1.54) is 43.6 Å². The van der Waals surface area contributed by atoms with E-state index >= 15 is 0 Å². The number of halogens is 1. The molecule has 0 amide bonds. The van der Waals surface area contributed by atoms with E-state index in [1.54, 1.807) is 12.1 Å². The van der Waals surface area contributed by atoms with E-state index in [1.807, 2.05) is 0 Å². The SMILES string of the molecule is COc1cc(C(=O)O)ccc1N(c1cnc(-c2ccc(F)cc2)s1)[SH](=O)=O. The molecule has 0 aliphatic carbocycles. The highest BCUT2D eigenvalue weighted by atomic mass is 32.2. The minimum atomic E-state index is -3.11. The molecule has 1 heterocycles. The van der Waals surface area contributed by atoms with Crippen molar-refractivity contribution in [1.29, 1.82) is 0 Å². The van der Waals surface area contributed by atoms with Crippen LogP contribution in [0.2, 0.25) is 0 Å². The van der Waals surface area contributed by atoms with E-state index in [9.17, 15) is 17.6 Å². The molecule has 0 bridgehead atoms. The molecule has 3 aromatic rings. The van der Waals surface area contributed by atoms with E-state index < -0.39 is 16.9 Å². The van der Waals surface area contributed by atoms with Crippen LogP contribution in [0, 0.1) is 5.82 Å². The molecular weight excluding hydrogens is 395 g/mol. The van der Waals surface area contributed by atoms with Crippen LogP contribution in [-0.2, 0) is 10.9 Å². The lowest BCUT2D eigenvalue weighted by atomic mass is 10.2. The summed E-state index contributed by atoms with van der Waals surface area (Å²) in [5.74, 6) is -1.46. The third kappa shape index (κ3) is 3.91. The number of carbonyl (C=O) groups is 1. The number of aromatic carboxylic acids is 1. The fourth-order valence-electron chi connectivity index (χ4n) is 2.36. The van der Waals surface area contributed by atoms with Crippen molar-refractivity contribution in [3.63, 3.8) is 0 Å². The second-order valence-corrected chi connectivity index (χ2v) is 7.14. The Hall–Kier alpha value is -2.98. The molecule has 1 aromatic heterocycles. The number of thiol groups is 1. The molecule has 0 aliphatic rings. The van der Waals surface area contributed by atoms with Gasteiger partial charge in [0.25, 0.3) is 0 Å². The first-order chi connectivity index (χ1) is 12.9. The van der Waals surface area contributed by atoms with E-state index in [-0.39, 0.29) is 27.8 Å². The first-order valence-corrected chi connectivity index (χ1v) is 9.43. The Balaban J connectivity index is 2.05. The number of methoxy groups -OCH3 is 1. The number of nitrogens with zero attached hydrogens (tertiary/aromatic N) is 2. The van der Waals surface area contributed by atoms with Crippen LogP contribution in [0.1, 0.15) is 10.4 Å². The molecule has 0 spiro atoms. The van der Waals surface area contributed by atoms with Crippen LogP contribution in [0.25, 0.3) is 10.6 Å². The number of aromatic nitrogens is 1. The molecule has 27 heavy (non-hydrogen) atoms. The smallest absolute Gasteiger partial charge is 0.335 e. The molecule has 3 rings (SSSR count). The Morgan fingerprint density at radius 3 is 2.52 bits per heavy atom. The topological polar surface area (TPSA) is 96.8 Å². The summed E-state index contributed by atoms with van der Waals surface area (Å²) in [6.07, 6.45) is 1.37. The first-order valence-electron chi connectivity index (χ1n) is 7.48. The summed E-state index contributed by atoms with van der Waals surface area (Å²) in [5, 5.41) is 9.88. The van der Waals surface area contributed by atoms with Gasteiger partial charge >= 0.3 is 5.97 Å². The van der Waals surface area contributed by atoms with Crippen LogP contribution in [0.15, 0.2) is 48.7 Å². The Bertz CT molecular complexity index is 1060. The van der Waals surface area contributed by atoms with Crippen molar-refractivity contribution in [2.24, 2.45) is 0 Å². The van der Waals surface area contributed by atoms with Gasteiger partial charge in [0.05, 0.1) is 24.6 Å². The summed E-state index contributed by atoms with van der Waals surface area (Å²) < 4.78 is 43.0. The molecule has 2 aromatic carbocycles. The Labute approximate surface area is 159 Å². The lowest BCUT2D eigenvalue weighted by Crippen LogP contribution is -2.14. The van der Waals surface area contributed by atoms with Crippen molar-refractivity contribution in [3.05, 3.63) is 60.0 Å². The molecule has 10 heteroatoms. The van der Waals surface area contributed by atoms with Gasteiger partial charge in [-0.25, -0.2) is 26.9 Å². The zero-order valence-electron chi connectivity index (χ0n) is 13.8. The van der Waals surface area contributed by atoms with E-state index in [0.717, 1.165) is 15.6 Å². The third-order valence-corrected chi connectivity index (χ3v) is 5.54. The van der Waals surface area contributed by atoms with Gasteiger partial charge in [-0.1, -0.05) is 11.3 Å². The largest absolute Gasteiger partial charge is 0.495 e. The molecule has 1 N–H and O–H groups in total. The maximum Gasteiger partial charge on any atom is 0.335 e. The van der Waals surface area contributed by atoms with Crippen molar-refractivity contribution in [2.45, 2.75) is 0 Å². The van der Waals surface area contributed by atoms with Crippen LogP contribution in [-0.4, -0.2) is 31.6 Å². The van der Waals surface area contributed by atoms with Gasteiger partial charge in [-0.05, 0) is 42.5 Å². The van der Waals surface area contributed by atoms with Crippen molar-refractivity contribution < 1.29 is 27.4 Å². The Kier molecular flexibility index (Phi) is 5.38. The molecule has 0 unspecified atom stereocenters. The number of hydrogen-bond donors (Lipinski definition) is 2. The summed E-state index contributed by atoms with van der Waals surface area (Å²) in [7, 11) is -1.79. The third-order valence-electron chi connectivity index (χ3n) is 3.61. The zero-order chi connectivity index (χ0) is 19.6.